The van der Waals surface area contributed by atoms with Crippen LogP contribution in [0.3, 0.4) is 0 Å². The smallest absolute Gasteiger partial charge is 0.229 e. The van der Waals surface area contributed by atoms with Crippen molar-refractivity contribution in [2.24, 2.45) is 0 Å². The van der Waals surface area contributed by atoms with Gasteiger partial charge in [-0.3, -0.25) is 4.79 Å². The molecule has 2 aromatic carbocycles. The molecule has 1 fully saturated rings. The van der Waals surface area contributed by atoms with E-state index in [-0.39, 0.29) is 11.8 Å². The van der Waals surface area contributed by atoms with Gasteiger partial charge in [0.15, 0.2) is 0 Å². The molecule has 0 aliphatic carbocycles. The van der Waals surface area contributed by atoms with Gasteiger partial charge in [-0.2, -0.15) is 0 Å². The molecule has 3 heteroatoms. The van der Waals surface area contributed by atoms with E-state index >= 15 is 0 Å². The van der Waals surface area contributed by atoms with Gasteiger partial charge < -0.3 is 9.64 Å². The SMILES string of the molecule is CN1CCCC(c2cccc(OCc3ccccc3)c2)C1=O. The highest BCUT2D eigenvalue weighted by atomic mass is 16.5. The number of likely N-dealkylation sites (N-methyl/N-ethyl adjacent to an activating group) is 1. The first kappa shape index (κ1) is 14.6. The maximum Gasteiger partial charge on any atom is 0.229 e. The largest absolute Gasteiger partial charge is 0.489 e. The average Bonchev–Trinajstić information content (AvgIpc) is 2.57. The van der Waals surface area contributed by atoms with Crippen molar-refractivity contribution in [2.75, 3.05) is 13.6 Å². The lowest BCUT2D eigenvalue weighted by Gasteiger charge is -2.29. The third-order valence-electron chi connectivity index (χ3n) is 4.17. The molecule has 1 saturated heterocycles. The Balaban J connectivity index is 1.71. The van der Waals surface area contributed by atoms with E-state index in [1.807, 2.05) is 66.5 Å². The van der Waals surface area contributed by atoms with Crippen LogP contribution >= 0.6 is 0 Å². The van der Waals surface area contributed by atoms with Crippen LogP contribution in [0.2, 0.25) is 0 Å². The minimum absolute atomic E-state index is 0.0287. The second kappa shape index (κ2) is 6.65. The van der Waals surface area contributed by atoms with Crippen molar-refractivity contribution in [1.29, 1.82) is 0 Å². The summed E-state index contributed by atoms with van der Waals surface area (Å²) in [6.45, 7) is 1.41. The Morgan fingerprint density at radius 2 is 1.95 bits per heavy atom. The van der Waals surface area contributed by atoms with Crippen molar-refractivity contribution >= 4 is 5.91 Å². The Kier molecular flexibility index (Phi) is 4.42. The highest BCUT2D eigenvalue weighted by Crippen LogP contribution is 2.29. The number of amides is 1. The molecule has 1 heterocycles. The van der Waals surface area contributed by atoms with Gasteiger partial charge in [0, 0.05) is 13.6 Å². The Hall–Kier alpha value is -2.29. The molecule has 1 aliphatic heterocycles. The van der Waals surface area contributed by atoms with Crippen LogP contribution in [-0.2, 0) is 11.4 Å². The number of ether oxygens (including phenoxy) is 1. The van der Waals surface area contributed by atoms with Crippen LogP contribution in [-0.4, -0.2) is 24.4 Å². The minimum Gasteiger partial charge on any atom is -0.489 e. The number of hydrogen-bond acceptors (Lipinski definition) is 2. The summed E-state index contributed by atoms with van der Waals surface area (Å²) in [6, 6.07) is 18.0. The van der Waals surface area contributed by atoms with E-state index < -0.39 is 0 Å². The highest BCUT2D eigenvalue weighted by molar-refractivity contribution is 5.84. The van der Waals surface area contributed by atoms with Gasteiger partial charge >= 0.3 is 0 Å². The van der Waals surface area contributed by atoms with Crippen LogP contribution in [0, 0.1) is 0 Å². The zero-order valence-corrected chi connectivity index (χ0v) is 12.9. The van der Waals surface area contributed by atoms with E-state index in [0.29, 0.717) is 6.61 Å². The lowest BCUT2D eigenvalue weighted by Crippen LogP contribution is -2.36. The minimum atomic E-state index is -0.0287. The number of carbonyl (C=O) groups excluding carboxylic acids is 1. The summed E-state index contributed by atoms with van der Waals surface area (Å²) < 4.78 is 5.86. The van der Waals surface area contributed by atoms with E-state index in [1.165, 1.54) is 0 Å². The Labute approximate surface area is 131 Å². The lowest BCUT2D eigenvalue weighted by molar-refractivity contribution is -0.133. The van der Waals surface area contributed by atoms with Gasteiger partial charge in [0.05, 0.1) is 5.92 Å². The molecule has 1 amide bonds. The third kappa shape index (κ3) is 3.30. The first-order chi connectivity index (χ1) is 10.7. The molecular weight excluding hydrogens is 274 g/mol. The molecule has 114 valence electrons. The quantitative estimate of drug-likeness (QED) is 0.862. The fourth-order valence-electron chi connectivity index (χ4n) is 2.90. The Morgan fingerprint density at radius 3 is 2.77 bits per heavy atom. The number of hydrogen-bond donors (Lipinski definition) is 0. The third-order valence-corrected chi connectivity index (χ3v) is 4.17. The number of carbonyl (C=O) groups is 1. The van der Waals surface area contributed by atoms with Crippen LogP contribution < -0.4 is 4.74 Å². The molecular formula is C19H21NO2. The molecule has 1 atom stereocenters. The summed E-state index contributed by atoms with van der Waals surface area (Å²) in [5, 5.41) is 0. The lowest BCUT2D eigenvalue weighted by atomic mass is 9.90. The van der Waals surface area contributed by atoms with E-state index in [9.17, 15) is 4.79 Å². The number of benzene rings is 2. The summed E-state index contributed by atoms with van der Waals surface area (Å²) >= 11 is 0. The van der Waals surface area contributed by atoms with E-state index in [4.69, 9.17) is 4.74 Å². The van der Waals surface area contributed by atoms with Gasteiger partial charge in [-0.25, -0.2) is 0 Å². The topological polar surface area (TPSA) is 29.5 Å². The zero-order valence-electron chi connectivity index (χ0n) is 12.9. The number of nitrogens with zero attached hydrogens (tertiary/aromatic N) is 1. The van der Waals surface area contributed by atoms with Crippen molar-refractivity contribution in [1.82, 2.24) is 4.90 Å². The summed E-state index contributed by atoms with van der Waals surface area (Å²) in [5.41, 5.74) is 2.20. The maximum absolute atomic E-state index is 12.3. The zero-order chi connectivity index (χ0) is 15.4. The van der Waals surface area contributed by atoms with Gasteiger partial charge in [-0.1, -0.05) is 42.5 Å². The van der Waals surface area contributed by atoms with Crippen molar-refractivity contribution in [2.45, 2.75) is 25.4 Å². The first-order valence-electron chi connectivity index (χ1n) is 7.76. The summed E-state index contributed by atoms with van der Waals surface area (Å²) in [7, 11) is 1.88. The number of piperidine rings is 1. The van der Waals surface area contributed by atoms with Crippen molar-refractivity contribution in [3.63, 3.8) is 0 Å². The highest BCUT2D eigenvalue weighted by Gasteiger charge is 2.27. The number of likely N-dealkylation sites (tertiary alicyclic amines) is 1. The second-order valence-corrected chi connectivity index (χ2v) is 5.80. The molecule has 2 aromatic rings. The summed E-state index contributed by atoms with van der Waals surface area (Å²) in [6.07, 6.45) is 1.98. The summed E-state index contributed by atoms with van der Waals surface area (Å²) in [4.78, 5) is 14.1. The molecule has 0 saturated carbocycles. The normalized spacial score (nSPS) is 18.3. The van der Waals surface area contributed by atoms with Crippen molar-refractivity contribution in [3.8, 4) is 5.75 Å². The van der Waals surface area contributed by atoms with E-state index in [2.05, 4.69) is 0 Å². The van der Waals surface area contributed by atoms with Crippen molar-refractivity contribution < 1.29 is 9.53 Å². The van der Waals surface area contributed by atoms with Gasteiger partial charge in [0.2, 0.25) is 5.91 Å². The van der Waals surface area contributed by atoms with Gasteiger partial charge in [0.25, 0.3) is 0 Å². The van der Waals surface area contributed by atoms with Gasteiger partial charge in [-0.05, 0) is 36.1 Å². The summed E-state index contributed by atoms with van der Waals surface area (Å²) in [5.74, 6) is 1.01. The molecule has 1 unspecified atom stereocenters. The van der Waals surface area contributed by atoms with Crippen LogP contribution in [0.5, 0.6) is 5.75 Å². The molecule has 0 spiro atoms. The second-order valence-electron chi connectivity index (χ2n) is 5.80. The molecule has 3 rings (SSSR count). The Bertz CT molecular complexity index is 639. The fourth-order valence-corrected chi connectivity index (χ4v) is 2.90. The van der Waals surface area contributed by atoms with Crippen LogP contribution in [0.1, 0.15) is 29.9 Å². The fraction of sp³-hybridized carbons (Fsp3) is 0.316. The van der Waals surface area contributed by atoms with Crippen LogP contribution in [0.15, 0.2) is 54.6 Å². The molecule has 0 aromatic heterocycles. The molecule has 1 aliphatic rings. The van der Waals surface area contributed by atoms with E-state index in [0.717, 1.165) is 36.3 Å². The average molecular weight is 295 g/mol. The van der Waals surface area contributed by atoms with Crippen LogP contribution in [0.4, 0.5) is 0 Å². The molecule has 0 N–H and O–H groups in total. The van der Waals surface area contributed by atoms with Crippen molar-refractivity contribution in [3.05, 3.63) is 65.7 Å². The molecule has 3 nitrogen and oxygen atoms in total. The monoisotopic (exact) mass is 295 g/mol. The van der Waals surface area contributed by atoms with E-state index in [1.54, 1.807) is 0 Å². The maximum atomic E-state index is 12.3. The molecule has 0 bridgehead atoms. The van der Waals surface area contributed by atoms with Gasteiger partial charge in [-0.15, -0.1) is 0 Å². The van der Waals surface area contributed by atoms with Crippen LogP contribution in [0.25, 0.3) is 0 Å². The first-order valence-corrected chi connectivity index (χ1v) is 7.76. The Morgan fingerprint density at radius 1 is 1.14 bits per heavy atom. The molecule has 0 radical (unpaired) electrons. The predicted molar refractivity (Wildman–Crippen MR) is 86.8 cm³/mol. The molecule has 22 heavy (non-hydrogen) atoms. The number of rotatable bonds is 4. The predicted octanol–water partition coefficient (Wildman–Crippen LogP) is 3.60. The van der Waals surface area contributed by atoms with Gasteiger partial charge in [0.1, 0.15) is 12.4 Å². The standard InChI is InChI=1S/C19H21NO2/c1-20-12-6-11-18(19(20)21)16-9-5-10-17(13-16)22-14-15-7-3-2-4-8-15/h2-5,7-10,13,18H,6,11-12,14H2,1H3.